The summed E-state index contributed by atoms with van der Waals surface area (Å²) in [4.78, 5) is 6.30. The van der Waals surface area contributed by atoms with Crippen molar-refractivity contribution in [3.8, 4) is 0 Å². The molecule has 182 valence electrons. The lowest BCUT2D eigenvalue weighted by atomic mass is 9.72. The summed E-state index contributed by atoms with van der Waals surface area (Å²) < 4.78 is 56.0. The molecule has 4 nitrogen and oxygen atoms in total. The van der Waals surface area contributed by atoms with Crippen LogP contribution in [0.2, 0.25) is 0 Å². The van der Waals surface area contributed by atoms with Crippen molar-refractivity contribution in [3.05, 3.63) is 64.7 Å². The van der Waals surface area contributed by atoms with Gasteiger partial charge in [-0.25, -0.2) is 9.37 Å². The molecule has 0 aliphatic heterocycles. The zero-order valence-electron chi connectivity index (χ0n) is 19.8. The fourth-order valence-corrected chi connectivity index (χ4v) is 4.26. The average molecular weight is 468 g/mol. The molecule has 1 aromatic heterocycles. The van der Waals surface area contributed by atoms with Crippen LogP contribution in [-0.4, -0.2) is 35.0 Å². The van der Waals surface area contributed by atoms with E-state index in [0.717, 1.165) is 13.1 Å². The average Bonchev–Trinajstić information content (AvgIpc) is 2.69. The number of halogens is 4. The molecule has 2 aromatic rings. The van der Waals surface area contributed by atoms with Crippen molar-refractivity contribution in [2.24, 2.45) is 5.73 Å². The first-order valence-corrected chi connectivity index (χ1v) is 10.9. The summed E-state index contributed by atoms with van der Waals surface area (Å²) in [5, 5.41) is 10.8. The Hall–Kier alpha value is -2.61. The topological polar surface area (TPSA) is 62.4 Å². The number of alkyl halides is 3. The lowest BCUT2D eigenvalue weighted by molar-refractivity contribution is -0.266. The molecule has 2 rings (SSSR count). The second kappa shape index (κ2) is 10.1. The molecule has 0 radical (unpaired) electrons. The quantitative estimate of drug-likeness (QED) is 0.463. The normalized spacial score (nSPS) is 14.8. The summed E-state index contributed by atoms with van der Waals surface area (Å²) in [5.41, 5.74) is 3.28. The van der Waals surface area contributed by atoms with Gasteiger partial charge in [0.2, 0.25) is 0 Å². The fraction of sp³-hybridized carbons (Fsp3) is 0.480. The van der Waals surface area contributed by atoms with Gasteiger partial charge >= 0.3 is 6.18 Å². The van der Waals surface area contributed by atoms with Crippen LogP contribution in [-0.2, 0) is 5.41 Å². The zero-order chi connectivity index (χ0) is 25.0. The summed E-state index contributed by atoms with van der Waals surface area (Å²) in [6.07, 6.45) is -3.43. The number of hydrogen-bond acceptors (Lipinski definition) is 4. The Morgan fingerprint density at radius 3 is 2.33 bits per heavy atom. The van der Waals surface area contributed by atoms with Gasteiger partial charge < -0.3 is 15.7 Å². The molecule has 1 aromatic carbocycles. The molecule has 0 saturated heterocycles. The molecular formula is C25H33F4N3O. The molecule has 0 bridgehead atoms. The van der Waals surface area contributed by atoms with Gasteiger partial charge in [0, 0.05) is 31.4 Å². The third-order valence-electron chi connectivity index (χ3n) is 5.90. The Bertz CT molecular complexity index is 984. The number of aryl methyl sites for hydroxylation is 1. The first kappa shape index (κ1) is 26.6. The SMILES string of the molecule is CCN(CC)c1cc(/C=C(\N)CC(O)(CC(C)(C)c2cc(F)ccc2C)C(F)(F)F)ccn1. The molecule has 0 aliphatic rings. The van der Waals surface area contributed by atoms with Crippen LogP contribution in [0.1, 0.15) is 57.2 Å². The highest BCUT2D eigenvalue weighted by atomic mass is 19.4. The minimum atomic E-state index is -4.94. The van der Waals surface area contributed by atoms with Crippen LogP contribution in [0.5, 0.6) is 0 Å². The first-order chi connectivity index (χ1) is 15.2. The molecule has 8 heteroatoms. The number of nitrogens with zero attached hydrogens (tertiary/aromatic N) is 2. The van der Waals surface area contributed by atoms with Crippen molar-refractivity contribution >= 4 is 11.9 Å². The molecule has 1 unspecified atom stereocenters. The largest absolute Gasteiger partial charge is 0.417 e. The lowest BCUT2D eigenvalue weighted by Gasteiger charge is -2.38. The van der Waals surface area contributed by atoms with Gasteiger partial charge in [-0.2, -0.15) is 13.2 Å². The van der Waals surface area contributed by atoms with E-state index in [2.05, 4.69) is 4.98 Å². The first-order valence-electron chi connectivity index (χ1n) is 10.9. The number of hydrogen-bond donors (Lipinski definition) is 2. The maximum Gasteiger partial charge on any atom is 0.417 e. The van der Waals surface area contributed by atoms with Crippen molar-refractivity contribution in [1.82, 2.24) is 4.98 Å². The standard InChI is InChI=1S/C25H33F4N3O/c1-6-32(7-2)22-13-18(10-11-31-22)12-20(30)15-24(33,25(27,28)29)16-23(4,5)21-14-19(26)9-8-17(21)3/h8-14,33H,6-7,15-16,30H2,1-5H3/b20-12-. The van der Waals surface area contributed by atoms with Crippen molar-refractivity contribution in [2.75, 3.05) is 18.0 Å². The molecule has 0 spiro atoms. The Balaban J connectivity index is 2.37. The number of aliphatic hydroxyl groups is 1. The van der Waals surface area contributed by atoms with E-state index in [9.17, 15) is 22.7 Å². The minimum Gasteiger partial charge on any atom is -0.402 e. The summed E-state index contributed by atoms with van der Waals surface area (Å²) >= 11 is 0. The van der Waals surface area contributed by atoms with Crippen LogP contribution < -0.4 is 10.6 Å². The predicted molar refractivity (Wildman–Crippen MR) is 124 cm³/mol. The molecule has 33 heavy (non-hydrogen) atoms. The Kier molecular flexibility index (Phi) is 8.17. The molecule has 0 amide bonds. The molecule has 1 atom stereocenters. The summed E-state index contributed by atoms with van der Waals surface area (Å²) in [7, 11) is 0. The van der Waals surface area contributed by atoms with Crippen LogP contribution in [0, 0.1) is 12.7 Å². The maximum atomic E-state index is 14.1. The van der Waals surface area contributed by atoms with Crippen molar-refractivity contribution < 1.29 is 22.7 Å². The highest BCUT2D eigenvalue weighted by Gasteiger charge is 2.56. The molecule has 1 heterocycles. The van der Waals surface area contributed by atoms with E-state index in [-0.39, 0.29) is 5.70 Å². The number of aromatic nitrogens is 1. The van der Waals surface area contributed by atoms with Crippen molar-refractivity contribution in [1.29, 1.82) is 0 Å². The second-order valence-corrected chi connectivity index (χ2v) is 9.06. The summed E-state index contributed by atoms with van der Waals surface area (Å²) in [5.74, 6) is 0.149. The molecule has 0 saturated carbocycles. The number of anilines is 1. The molecular weight excluding hydrogens is 434 g/mol. The van der Waals surface area contributed by atoms with Gasteiger partial charge in [0.05, 0.1) is 0 Å². The van der Waals surface area contributed by atoms with Crippen LogP contribution in [0.4, 0.5) is 23.4 Å². The van der Waals surface area contributed by atoms with Crippen molar-refractivity contribution in [2.45, 2.75) is 64.7 Å². The van der Waals surface area contributed by atoms with Gasteiger partial charge in [-0.15, -0.1) is 0 Å². The second-order valence-electron chi connectivity index (χ2n) is 9.06. The Morgan fingerprint density at radius 1 is 1.12 bits per heavy atom. The van der Waals surface area contributed by atoms with Crippen LogP contribution in [0.25, 0.3) is 6.08 Å². The van der Waals surface area contributed by atoms with Crippen molar-refractivity contribution in [3.63, 3.8) is 0 Å². The van der Waals surface area contributed by atoms with Crippen LogP contribution in [0.3, 0.4) is 0 Å². The van der Waals surface area contributed by atoms with Gasteiger partial charge in [0.1, 0.15) is 11.6 Å². The third-order valence-corrected chi connectivity index (χ3v) is 5.90. The van der Waals surface area contributed by atoms with Crippen LogP contribution in [0.15, 0.2) is 42.2 Å². The number of benzene rings is 1. The number of nitrogens with two attached hydrogens (primary N) is 1. The van der Waals surface area contributed by atoms with E-state index in [4.69, 9.17) is 5.73 Å². The maximum absolute atomic E-state index is 14.1. The Labute approximate surface area is 193 Å². The number of pyridine rings is 1. The van der Waals surface area contributed by atoms with E-state index in [1.54, 1.807) is 39.1 Å². The summed E-state index contributed by atoms with van der Waals surface area (Å²) in [6.45, 7) is 10.2. The highest BCUT2D eigenvalue weighted by molar-refractivity contribution is 5.57. The minimum absolute atomic E-state index is 0.113. The fourth-order valence-electron chi connectivity index (χ4n) is 4.26. The van der Waals surface area contributed by atoms with Crippen LogP contribution >= 0.6 is 0 Å². The third kappa shape index (κ3) is 6.47. The summed E-state index contributed by atoms with van der Waals surface area (Å²) in [6, 6.07) is 7.38. The molecule has 0 aliphatic carbocycles. The van der Waals surface area contributed by atoms with E-state index in [1.807, 2.05) is 18.7 Å². The lowest BCUT2D eigenvalue weighted by Crippen LogP contribution is -2.50. The van der Waals surface area contributed by atoms with Gasteiger partial charge in [-0.05, 0) is 79.6 Å². The number of rotatable bonds is 9. The smallest absolute Gasteiger partial charge is 0.402 e. The molecule has 3 N–H and O–H groups in total. The van der Waals surface area contributed by atoms with E-state index < -0.39 is 35.9 Å². The predicted octanol–water partition coefficient (Wildman–Crippen LogP) is 5.73. The van der Waals surface area contributed by atoms with Gasteiger partial charge in [0.25, 0.3) is 0 Å². The van der Waals surface area contributed by atoms with E-state index >= 15 is 0 Å². The van der Waals surface area contributed by atoms with Gasteiger partial charge in [-0.3, -0.25) is 0 Å². The highest BCUT2D eigenvalue weighted by Crippen LogP contribution is 2.44. The molecule has 0 fully saturated rings. The monoisotopic (exact) mass is 467 g/mol. The van der Waals surface area contributed by atoms with Gasteiger partial charge in [0.15, 0.2) is 5.60 Å². The van der Waals surface area contributed by atoms with E-state index in [1.165, 1.54) is 24.3 Å². The zero-order valence-corrected chi connectivity index (χ0v) is 19.8. The van der Waals surface area contributed by atoms with Gasteiger partial charge in [-0.1, -0.05) is 19.9 Å². The van der Waals surface area contributed by atoms with E-state index in [0.29, 0.717) is 22.5 Å². The Morgan fingerprint density at radius 2 is 1.76 bits per heavy atom.